The SMILES string of the molecule is COc1ccc(Nc2nc(C(=O)N3CCN(CC(=O)NCc4ccccc4)CC3)cs2)cc1. The lowest BCUT2D eigenvalue weighted by atomic mass is 10.2. The number of benzene rings is 2. The molecular weight excluding hydrogens is 438 g/mol. The zero-order valence-electron chi connectivity index (χ0n) is 18.5. The second kappa shape index (κ2) is 10.9. The van der Waals surface area contributed by atoms with Crippen molar-refractivity contribution in [1.29, 1.82) is 0 Å². The third-order valence-electron chi connectivity index (χ3n) is 5.42. The second-order valence-corrected chi connectivity index (χ2v) is 8.58. The van der Waals surface area contributed by atoms with E-state index in [1.54, 1.807) is 17.4 Å². The van der Waals surface area contributed by atoms with Crippen molar-refractivity contribution in [3.05, 3.63) is 71.2 Å². The Morgan fingerprint density at radius 1 is 1.03 bits per heavy atom. The number of hydrogen-bond donors (Lipinski definition) is 2. The summed E-state index contributed by atoms with van der Waals surface area (Å²) < 4.78 is 5.16. The van der Waals surface area contributed by atoms with Gasteiger partial charge in [-0.3, -0.25) is 14.5 Å². The van der Waals surface area contributed by atoms with Crippen molar-refractivity contribution < 1.29 is 14.3 Å². The normalized spacial score (nSPS) is 14.0. The Bertz CT molecular complexity index is 1060. The van der Waals surface area contributed by atoms with Gasteiger partial charge < -0.3 is 20.3 Å². The summed E-state index contributed by atoms with van der Waals surface area (Å²) in [6, 6.07) is 17.4. The van der Waals surface area contributed by atoms with E-state index >= 15 is 0 Å². The lowest BCUT2D eigenvalue weighted by molar-refractivity contribution is -0.122. The van der Waals surface area contributed by atoms with Gasteiger partial charge in [0.1, 0.15) is 11.4 Å². The van der Waals surface area contributed by atoms with Crippen LogP contribution < -0.4 is 15.4 Å². The van der Waals surface area contributed by atoms with Crippen molar-refractivity contribution >= 4 is 34.0 Å². The summed E-state index contributed by atoms with van der Waals surface area (Å²) in [5.41, 5.74) is 2.39. The van der Waals surface area contributed by atoms with Crippen LogP contribution in [0.2, 0.25) is 0 Å². The Morgan fingerprint density at radius 2 is 1.76 bits per heavy atom. The molecule has 0 spiro atoms. The highest BCUT2D eigenvalue weighted by molar-refractivity contribution is 7.14. The molecule has 172 valence electrons. The molecule has 1 saturated heterocycles. The topological polar surface area (TPSA) is 86.8 Å². The van der Waals surface area contributed by atoms with Gasteiger partial charge in [-0.15, -0.1) is 11.3 Å². The molecule has 1 aliphatic rings. The third-order valence-corrected chi connectivity index (χ3v) is 6.18. The van der Waals surface area contributed by atoms with Crippen LogP contribution >= 0.6 is 11.3 Å². The van der Waals surface area contributed by atoms with E-state index in [4.69, 9.17) is 4.74 Å². The van der Waals surface area contributed by atoms with Crippen LogP contribution in [0.25, 0.3) is 0 Å². The monoisotopic (exact) mass is 465 g/mol. The molecule has 2 heterocycles. The minimum Gasteiger partial charge on any atom is -0.497 e. The average Bonchev–Trinajstić information content (AvgIpc) is 3.32. The second-order valence-electron chi connectivity index (χ2n) is 7.72. The zero-order chi connectivity index (χ0) is 23.0. The molecule has 1 aromatic heterocycles. The first kappa shape index (κ1) is 22.8. The Hall–Kier alpha value is -3.43. The average molecular weight is 466 g/mol. The van der Waals surface area contributed by atoms with E-state index in [1.165, 1.54) is 11.3 Å². The van der Waals surface area contributed by atoms with Gasteiger partial charge >= 0.3 is 0 Å². The molecule has 0 aliphatic carbocycles. The van der Waals surface area contributed by atoms with Crippen molar-refractivity contribution in [2.45, 2.75) is 6.54 Å². The van der Waals surface area contributed by atoms with E-state index in [0.29, 0.717) is 50.1 Å². The summed E-state index contributed by atoms with van der Waals surface area (Å²) in [4.78, 5) is 33.4. The molecule has 0 atom stereocenters. The summed E-state index contributed by atoms with van der Waals surface area (Å²) >= 11 is 1.39. The van der Waals surface area contributed by atoms with Gasteiger partial charge in [-0.1, -0.05) is 30.3 Å². The summed E-state index contributed by atoms with van der Waals surface area (Å²) in [5, 5.41) is 8.61. The number of rotatable bonds is 8. The third kappa shape index (κ3) is 6.30. The van der Waals surface area contributed by atoms with Gasteiger partial charge in [0.2, 0.25) is 5.91 Å². The van der Waals surface area contributed by atoms with Gasteiger partial charge in [0, 0.05) is 43.8 Å². The van der Waals surface area contributed by atoms with Gasteiger partial charge in [-0.2, -0.15) is 0 Å². The van der Waals surface area contributed by atoms with Gasteiger partial charge in [-0.05, 0) is 29.8 Å². The lowest BCUT2D eigenvalue weighted by Crippen LogP contribution is -2.51. The van der Waals surface area contributed by atoms with Crippen LogP contribution in [-0.4, -0.2) is 66.4 Å². The zero-order valence-corrected chi connectivity index (χ0v) is 19.3. The number of hydrogen-bond acceptors (Lipinski definition) is 7. The summed E-state index contributed by atoms with van der Waals surface area (Å²) in [6.45, 7) is 3.32. The van der Waals surface area contributed by atoms with Crippen LogP contribution in [0.4, 0.5) is 10.8 Å². The fraction of sp³-hybridized carbons (Fsp3) is 0.292. The van der Waals surface area contributed by atoms with Crippen LogP contribution in [-0.2, 0) is 11.3 Å². The van der Waals surface area contributed by atoms with E-state index in [9.17, 15) is 9.59 Å². The first-order valence-electron chi connectivity index (χ1n) is 10.8. The maximum absolute atomic E-state index is 12.9. The molecule has 0 unspecified atom stereocenters. The van der Waals surface area contributed by atoms with Crippen molar-refractivity contribution in [3.63, 3.8) is 0 Å². The number of carbonyl (C=O) groups is 2. The standard InChI is InChI=1S/C24H27N5O3S/c1-32-20-9-7-19(8-10-20)26-24-27-21(17-33-24)23(31)29-13-11-28(12-14-29)16-22(30)25-15-18-5-3-2-4-6-18/h2-10,17H,11-16H2,1H3,(H,25,30)(H,26,27). The van der Waals surface area contributed by atoms with Gasteiger partial charge in [0.25, 0.3) is 5.91 Å². The molecule has 8 nitrogen and oxygen atoms in total. The van der Waals surface area contributed by atoms with Crippen molar-refractivity contribution in [2.75, 3.05) is 45.2 Å². The molecule has 0 radical (unpaired) electrons. The molecule has 1 fully saturated rings. The number of anilines is 2. The molecule has 1 aliphatic heterocycles. The van der Waals surface area contributed by atoms with Gasteiger partial charge in [-0.25, -0.2) is 4.98 Å². The molecule has 0 bridgehead atoms. The molecule has 2 N–H and O–H groups in total. The first-order valence-corrected chi connectivity index (χ1v) is 11.7. The van der Waals surface area contributed by atoms with Crippen LogP contribution in [0, 0.1) is 0 Å². The van der Waals surface area contributed by atoms with Crippen LogP contribution in [0.5, 0.6) is 5.75 Å². The Morgan fingerprint density at radius 3 is 2.45 bits per heavy atom. The minimum atomic E-state index is -0.0813. The van der Waals surface area contributed by atoms with Crippen molar-refractivity contribution in [3.8, 4) is 5.75 Å². The Balaban J connectivity index is 1.22. The Kier molecular flexibility index (Phi) is 7.54. The van der Waals surface area contributed by atoms with E-state index in [-0.39, 0.29) is 11.8 Å². The molecule has 4 rings (SSSR count). The number of piperazine rings is 1. The summed E-state index contributed by atoms with van der Waals surface area (Å²) in [7, 11) is 1.63. The number of carbonyl (C=O) groups excluding carboxylic acids is 2. The predicted octanol–water partition coefficient (Wildman–Crippen LogP) is 2.97. The number of aromatic nitrogens is 1. The fourth-order valence-corrected chi connectivity index (χ4v) is 4.26. The maximum Gasteiger partial charge on any atom is 0.273 e. The highest BCUT2D eigenvalue weighted by Gasteiger charge is 2.24. The van der Waals surface area contributed by atoms with E-state index < -0.39 is 0 Å². The summed E-state index contributed by atoms with van der Waals surface area (Å²) in [6.07, 6.45) is 0. The molecular formula is C24H27N5O3S. The van der Waals surface area contributed by atoms with Gasteiger partial charge in [0.15, 0.2) is 5.13 Å². The molecule has 33 heavy (non-hydrogen) atoms. The predicted molar refractivity (Wildman–Crippen MR) is 129 cm³/mol. The number of thiazole rings is 1. The van der Waals surface area contributed by atoms with Crippen LogP contribution in [0.1, 0.15) is 16.1 Å². The minimum absolute atomic E-state index is 0.00706. The smallest absolute Gasteiger partial charge is 0.273 e. The van der Waals surface area contributed by atoms with E-state index in [0.717, 1.165) is 17.0 Å². The largest absolute Gasteiger partial charge is 0.497 e. The maximum atomic E-state index is 12.9. The molecule has 2 amide bonds. The van der Waals surface area contributed by atoms with Crippen molar-refractivity contribution in [1.82, 2.24) is 20.1 Å². The van der Waals surface area contributed by atoms with Crippen molar-refractivity contribution in [2.24, 2.45) is 0 Å². The highest BCUT2D eigenvalue weighted by Crippen LogP contribution is 2.23. The number of nitrogens with one attached hydrogen (secondary N) is 2. The van der Waals surface area contributed by atoms with E-state index in [1.807, 2.05) is 54.6 Å². The van der Waals surface area contributed by atoms with Crippen LogP contribution in [0.15, 0.2) is 60.0 Å². The Labute approximate surface area is 197 Å². The summed E-state index contributed by atoms with van der Waals surface area (Å²) in [5.74, 6) is 0.693. The molecule has 9 heteroatoms. The fourth-order valence-electron chi connectivity index (χ4n) is 3.55. The number of ether oxygens (including phenoxy) is 1. The van der Waals surface area contributed by atoms with Gasteiger partial charge in [0.05, 0.1) is 13.7 Å². The van der Waals surface area contributed by atoms with Crippen LogP contribution in [0.3, 0.4) is 0 Å². The number of nitrogens with zero attached hydrogens (tertiary/aromatic N) is 3. The lowest BCUT2D eigenvalue weighted by Gasteiger charge is -2.33. The number of amides is 2. The van der Waals surface area contributed by atoms with E-state index in [2.05, 4.69) is 20.5 Å². The molecule has 3 aromatic rings. The molecule has 2 aromatic carbocycles. The highest BCUT2D eigenvalue weighted by atomic mass is 32.1. The molecule has 0 saturated carbocycles. The quantitative estimate of drug-likeness (QED) is 0.532. The number of methoxy groups -OCH3 is 1. The first-order chi connectivity index (χ1) is 16.1.